The second kappa shape index (κ2) is 10.2. The van der Waals surface area contributed by atoms with Crippen LogP contribution >= 0.6 is 0 Å². The Balaban J connectivity index is 1.45. The molecule has 196 valence electrons. The molecule has 1 N–H and O–H groups in total. The van der Waals surface area contributed by atoms with Crippen molar-refractivity contribution >= 4 is 23.3 Å². The van der Waals surface area contributed by atoms with Crippen LogP contribution in [0.25, 0.3) is 0 Å². The molecule has 0 aromatic rings. The Morgan fingerprint density at radius 1 is 1.14 bits per heavy atom. The van der Waals surface area contributed by atoms with Gasteiger partial charge in [-0.05, 0) is 61.9 Å². The fraction of sp³-hybridized carbons (Fsp3) is 0.667. The van der Waals surface area contributed by atoms with Gasteiger partial charge in [0.15, 0.2) is 12.4 Å². The van der Waals surface area contributed by atoms with Crippen LogP contribution < -0.4 is 0 Å². The quantitative estimate of drug-likeness (QED) is 0.223. The van der Waals surface area contributed by atoms with Crippen LogP contribution in [0, 0.1) is 28.6 Å². The smallest absolute Gasteiger partial charge is 0.331 e. The lowest BCUT2D eigenvalue weighted by Gasteiger charge is -2.57. The first-order valence-corrected chi connectivity index (χ1v) is 13.6. The first-order valence-electron chi connectivity index (χ1n) is 13.6. The first kappa shape index (κ1) is 26.7. The number of allylic oxidation sites excluding steroid dienone is 4. The highest BCUT2D eigenvalue weighted by Gasteiger charge is 2.68. The standard InChI is InChI=1S/C30H40O6/c1-4-5-6-7-8-9-10-26(34)36-19-25(33)30(35)16-14-23-22-12-11-20-17-21(31)13-15-28(20,2)27(22)24(32)18-29(23,30)3/h7-10,17,22-23,27,35H,4-6,11-16,18-19H2,1-3H3/b8-7+,10-9+/t22-,23-,27+,28-,29-,30-/m0/s1. The number of ketones is 3. The lowest BCUT2D eigenvalue weighted by molar-refractivity contribution is -0.173. The molecule has 0 aromatic heterocycles. The summed E-state index contributed by atoms with van der Waals surface area (Å²) in [5.41, 5.74) is -1.79. The van der Waals surface area contributed by atoms with Crippen LogP contribution in [0.2, 0.25) is 0 Å². The molecule has 0 spiro atoms. The zero-order chi connectivity index (χ0) is 26.1. The van der Waals surface area contributed by atoms with E-state index in [9.17, 15) is 24.3 Å². The van der Waals surface area contributed by atoms with Crippen molar-refractivity contribution in [2.24, 2.45) is 28.6 Å². The van der Waals surface area contributed by atoms with Gasteiger partial charge in [0.25, 0.3) is 0 Å². The molecule has 3 fully saturated rings. The minimum atomic E-state index is -1.69. The molecule has 0 aliphatic heterocycles. The van der Waals surface area contributed by atoms with Crippen molar-refractivity contribution in [1.82, 2.24) is 0 Å². The van der Waals surface area contributed by atoms with E-state index in [0.717, 1.165) is 37.7 Å². The van der Waals surface area contributed by atoms with Gasteiger partial charge in [-0.3, -0.25) is 14.4 Å². The van der Waals surface area contributed by atoms with Crippen molar-refractivity contribution in [3.63, 3.8) is 0 Å². The van der Waals surface area contributed by atoms with Gasteiger partial charge in [0, 0.05) is 30.3 Å². The number of hydrogen-bond donors (Lipinski definition) is 1. The number of ether oxygens (including phenoxy) is 1. The minimum absolute atomic E-state index is 0.0361. The summed E-state index contributed by atoms with van der Waals surface area (Å²) in [6.07, 6.45) is 15.3. The molecular formula is C30H40O6. The van der Waals surface area contributed by atoms with Crippen LogP contribution in [0.15, 0.2) is 36.0 Å². The highest BCUT2D eigenvalue weighted by atomic mass is 16.5. The van der Waals surface area contributed by atoms with Crippen LogP contribution in [0.1, 0.15) is 85.0 Å². The van der Waals surface area contributed by atoms with Crippen molar-refractivity contribution < 1.29 is 29.0 Å². The SMILES string of the molecule is CCCC/C=C/C=C/C(=O)OCC(=O)[C@@]1(O)CC[C@H]2[C@@H]3CCC4=CC(=O)CC[C@]4(C)[C@H]3C(=O)C[C@@]21C. The van der Waals surface area contributed by atoms with Crippen molar-refractivity contribution in [3.05, 3.63) is 36.0 Å². The Hall–Kier alpha value is -2.34. The predicted octanol–water partition coefficient (Wildman–Crippen LogP) is 4.84. The second-order valence-corrected chi connectivity index (χ2v) is 11.8. The van der Waals surface area contributed by atoms with E-state index in [1.807, 2.05) is 13.0 Å². The molecule has 0 saturated heterocycles. The van der Waals surface area contributed by atoms with Crippen molar-refractivity contribution in [1.29, 1.82) is 0 Å². The molecule has 4 aliphatic carbocycles. The molecule has 36 heavy (non-hydrogen) atoms. The predicted molar refractivity (Wildman–Crippen MR) is 136 cm³/mol. The third-order valence-corrected chi connectivity index (χ3v) is 9.82. The molecule has 0 heterocycles. The molecule has 6 nitrogen and oxygen atoms in total. The molecule has 4 aliphatic rings. The van der Waals surface area contributed by atoms with E-state index in [4.69, 9.17) is 4.74 Å². The summed E-state index contributed by atoms with van der Waals surface area (Å²) in [6, 6.07) is 0. The Morgan fingerprint density at radius 3 is 2.67 bits per heavy atom. The van der Waals surface area contributed by atoms with Gasteiger partial charge in [0.1, 0.15) is 11.4 Å². The van der Waals surface area contributed by atoms with Crippen LogP contribution in [0.4, 0.5) is 0 Å². The van der Waals surface area contributed by atoms with E-state index >= 15 is 0 Å². The Kier molecular flexibility index (Phi) is 7.57. The summed E-state index contributed by atoms with van der Waals surface area (Å²) in [5, 5.41) is 11.7. The number of carbonyl (C=O) groups excluding carboxylic acids is 4. The monoisotopic (exact) mass is 496 g/mol. The lowest BCUT2D eigenvalue weighted by Crippen LogP contribution is -2.61. The third kappa shape index (κ3) is 4.46. The summed E-state index contributed by atoms with van der Waals surface area (Å²) in [4.78, 5) is 51.1. The minimum Gasteiger partial charge on any atom is -0.454 e. The molecule has 0 bridgehead atoms. The normalized spacial score (nSPS) is 38.0. The van der Waals surface area contributed by atoms with Gasteiger partial charge in [0.2, 0.25) is 5.78 Å². The third-order valence-electron chi connectivity index (χ3n) is 9.82. The summed E-state index contributed by atoms with van der Waals surface area (Å²) >= 11 is 0. The van der Waals surface area contributed by atoms with Gasteiger partial charge in [-0.1, -0.05) is 57.4 Å². The van der Waals surface area contributed by atoms with E-state index in [1.165, 1.54) is 6.08 Å². The number of rotatable bonds is 8. The number of aliphatic hydroxyl groups is 1. The maximum atomic E-state index is 13.7. The van der Waals surface area contributed by atoms with Crippen LogP contribution in [0.3, 0.4) is 0 Å². The summed E-state index contributed by atoms with van der Waals surface area (Å²) < 4.78 is 5.17. The number of unbranched alkanes of at least 4 members (excludes halogenated alkanes) is 2. The average Bonchev–Trinajstić information content (AvgIpc) is 3.11. The molecule has 0 amide bonds. The maximum absolute atomic E-state index is 13.7. The summed E-state index contributed by atoms with van der Waals surface area (Å²) in [7, 11) is 0. The number of hydrogen-bond acceptors (Lipinski definition) is 6. The Morgan fingerprint density at radius 2 is 1.92 bits per heavy atom. The number of fused-ring (bicyclic) bond motifs is 5. The van der Waals surface area contributed by atoms with Crippen LogP contribution in [0.5, 0.6) is 0 Å². The summed E-state index contributed by atoms with van der Waals surface area (Å²) in [5.74, 6) is -0.972. The van der Waals surface area contributed by atoms with Gasteiger partial charge in [-0.2, -0.15) is 0 Å². The van der Waals surface area contributed by atoms with Gasteiger partial charge in [-0.15, -0.1) is 0 Å². The second-order valence-electron chi connectivity index (χ2n) is 11.8. The van der Waals surface area contributed by atoms with Crippen LogP contribution in [-0.2, 0) is 23.9 Å². The van der Waals surface area contributed by atoms with E-state index in [2.05, 4.69) is 13.8 Å². The zero-order valence-electron chi connectivity index (χ0n) is 21.9. The molecule has 6 atom stereocenters. The highest BCUT2D eigenvalue weighted by Crippen LogP contribution is 2.66. The highest BCUT2D eigenvalue weighted by molar-refractivity contribution is 5.95. The Labute approximate surface area is 214 Å². The molecule has 0 unspecified atom stereocenters. The van der Waals surface area contributed by atoms with Crippen molar-refractivity contribution in [2.45, 2.75) is 90.6 Å². The zero-order valence-corrected chi connectivity index (χ0v) is 21.9. The topological polar surface area (TPSA) is 97.7 Å². The van der Waals surface area contributed by atoms with Gasteiger partial charge in [0.05, 0.1) is 0 Å². The fourth-order valence-corrected chi connectivity index (χ4v) is 7.78. The fourth-order valence-electron chi connectivity index (χ4n) is 7.78. The molecule has 0 radical (unpaired) electrons. The van der Waals surface area contributed by atoms with Gasteiger partial charge < -0.3 is 9.84 Å². The van der Waals surface area contributed by atoms with Crippen LogP contribution in [-0.4, -0.2) is 40.6 Å². The largest absolute Gasteiger partial charge is 0.454 e. The summed E-state index contributed by atoms with van der Waals surface area (Å²) in [6.45, 7) is 5.61. The maximum Gasteiger partial charge on any atom is 0.331 e. The van der Waals surface area contributed by atoms with Gasteiger partial charge in [-0.25, -0.2) is 4.79 Å². The number of esters is 1. The van der Waals surface area contributed by atoms with E-state index < -0.39 is 29.4 Å². The van der Waals surface area contributed by atoms with E-state index in [-0.39, 0.29) is 47.6 Å². The molecule has 3 saturated carbocycles. The average molecular weight is 497 g/mol. The molecule has 0 aromatic carbocycles. The van der Waals surface area contributed by atoms with Crippen molar-refractivity contribution in [3.8, 4) is 0 Å². The van der Waals surface area contributed by atoms with Gasteiger partial charge >= 0.3 is 5.97 Å². The lowest BCUT2D eigenvalue weighted by atomic mass is 9.46. The number of carbonyl (C=O) groups is 4. The van der Waals surface area contributed by atoms with E-state index in [1.54, 1.807) is 18.2 Å². The van der Waals surface area contributed by atoms with E-state index in [0.29, 0.717) is 19.3 Å². The molecular weight excluding hydrogens is 456 g/mol. The molecule has 4 rings (SSSR count). The Bertz CT molecular complexity index is 1020. The molecule has 6 heteroatoms. The first-order chi connectivity index (χ1) is 17.1. The number of Topliss-reactive ketones (excluding diaryl/α,β-unsaturated/α-hetero) is 2. The van der Waals surface area contributed by atoms with Crippen molar-refractivity contribution in [2.75, 3.05) is 6.61 Å².